The lowest BCUT2D eigenvalue weighted by Crippen LogP contribution is -2.34. The Hall–Kier alpha value is -2.18. The molecule has 1 N–H and O–H groups in total. The van der Waals surface area contributed by atoms with Crippen LogP contribution in [-0.4, -0.2) is 10.1 Å². The van der Waals surface area contributed by atoms with E-state index >= 15 is 0 Å². The minimum atomic E-state index is -0.801. The molecule has 1 aromatic carbocycles. The summed E-state index contributed by atoms with van der Waals surface area (Å²) in [6, 6.07) is 12.5. The van der Waals surface area contributed by atoms with E-state index in [2.05, 4.69) is 23.2 Å². The lowest BCUT2D eigenvalue weighted by molar-refractivity contribution is 0.0518. The van der Waals surface area contributed by atoms with E-state index < -0.39 is 11.5 Å². The van der Waals surface area contributed by atoms with Gasteiger partial charge < -0.3 is 5.11 Å². The fraction of sp³-hybridized carbons (Fsp3) is 0.333. The highest BCUT2D eigenvalue weighted by atomic mass is 16.3. The SMILES string of the molecule is Cc1ccncc1C(O)C1(C#N)CCc2ccccc2C1. The summed E-state index contributed by atoms with van der Waals surface area (Å²) >= 11 is 0. The summed E-state index contributed by atoms with van der Waals surface area (Å²) in [5, 5.41) is 20.6. The van der Waals surface area contributed by atoms with Crippen LogP contribution in [0.15, 0.2) is 42.7 Å². The van der Waals surface area contributed by atoms with Crippen LogP contribution in [0.1, 0.15) is 34.8 Å². The number of aromatic nitrogens is 1. The average Bonchev–Trinajstić information content (AvgIpc) is 2.54. The zero-order chi connectivity index (χ0) is 14.9. The number of aryl methyl sites for hydroxylation is 2. The maximum absolute atomic E-state index is 10.8. The van der Waals surface area contributed by atoms with Gasteiger partial charge in [-0.1, -0.05) is 24.3 Å². The number of fused-ring (bicyclic) bond motifs is 1. The average molecular weight is 278 g/mol. The summed E-state index contributed by atoms with van der Waals surface area (Å²) in [7, 11) is 0. The summed E-state index contributed by atoms with van der Waals surface area (Å²) < 4.78 is 0. The number of aliphatic hydroxyl groups excluding tert-OH is 1. The van der Waals surface area contributed by atoms with Gasteiger partial charge in [0.15, 0.2) is 0 Å². The van der Waals surface area contributed by atoms with Gasteiger partial charge in [0.25, 0.3) is 0 Å². The summed E-state index contributed by atoms with van der Waals surface area (Å²) in [5.74, 6) is 0. The lowest BCUT2D eigenvalue weighted by Gasteiger charge is -2.36. The summed E-state index contributed by atoms with van der Waals surface area (Å²) in [5.41, 5.74) is 3.44. The van der Waals surface area contributed by atoms with Crippen molar-refractivity contribution in [1.29, 1.82) is 5.26 Å². The summed E-state index contributed by atoms with van der Waals surface area (Å²) in [4.78, 5) is 4.10. The van der Waals surface area contributed by atoms with E-state index in [1.54, 1.807) is 12.4 Å². The molecule has 1 aliphatic carbocycles. The number of nitriles is 1. The largest absolute Gasteiger partial charge is 0.387 e. The maximum atomic E-state index is 10.8. The summed E-state index contributed by atoms with van der Waals surface area (Å²) in [6.07, 6.45) is 4.69. The minimum Gasteiger partial charge on any atom is -0.387 e. The molecule has 2 atom stereocenters. The first kappa shape index (κ1) is 13.8. The van der Waals surface area contributed by atoms with Crippen molar-refractivity contribution in [3.8, 4) is 6.07 Å². The highest BCUT2D eigenvalue weighted by Crippen LogP contribution is 2.44. The topological polar surface area (TPSA) is 56.9 Å². The van der Waals surface area contributed by atoms with E-state index in [-0.39, 0.29) is 0 Å². The van der Waals surface area contributed by atoms with E-state index in [0.29, 0.717) is 12.8 Å². The standard InChI is InChI=1S/C18H18N2O/c1-13-7-9-20-11-16(13)17(21)18(12-19)8-6-14-4-2-3-5-15(14)10-18/h2-5,7,9,11,17,21H,6,8,10H2,1H3. The van der Waals surface area contributed by atoms with Crippen molar-refractivity contribution in [2.45, 2.75) is 32.3 Å². The van der Waals surface area contributed by atoms with Crippen molar-refractivity contribution in [2.24, 2.45) is 5.41 Å². The van der Waals surface area contributed by atoms with E-state index in [9.17, 15) is 10.4 Å². The molecule has 3 nitrogen and oxygen atoms in total. The predicted octanol–water partition coefficient (Wildman–Crippen LogP) is 3.12. The molecule has 1 aliphatic rings. The van der Waals surface area contributed by atoms with Gasteiger partial charge in [0, 0.05) is 18.0 Å². The van der Waals surface area contributed by atoms with Crippen LogP contribution < -0.4 is 0 Å². The molecule has 21 heavy (non-hydrogen) atoms. The number of rotatable bonds is 2. The van der Waals surface area contributed by atoms with Gasteiger partial charge in [0.05, 0.1) is 17.6 Å². The Labute approximate surface area is 124 Å². The molecule has 0 saturated carbocycles. The van der Waals surface area contributed by atoms with E-state index in [1.165, 1.54) is 11.1 Å². The maximum Gasteiger partial charge on any atom is 0.0997 e. The van der Waals surface area contributed by atoms with Gasteiger partial charge in [-0.3, -0.25) is 4.98 Å². The molecule has 0 saturated heterocycles. The van der Waals surface area contributed by atoms with Gasteiger partial charge in [-0.2, -0.15) is 5.26 Å². The van der Waals surface area contributed by atoms with Gasteiger partial charge in [0.2, 0.25) is 0 Å². The van der Waals surface area contributed by atoms with Gasteiger partial charge >= 0.3 is 0 Å². The van der Waals surface area contributed by atoms with Crippen molar-refractivity contribution in [3.63, 3.8) is 0 Å². The molecule has 0 bridgehead atoms. The van der Waals surface area contributed by atoms with Crippen molar-refractivity contribution in [2.75, 3.05) is 0 Å². The molecular formula is C18H18N2O. The van der Waals surface area contributed by atoms with Crippen molar-refractivity contribution in [1.82, 2.24) is 4.98 Å². The molecule has 1 heterocycles. The molecular weight excluding hydrogens is 260 g/mol. The van der Waals surface area contributed by atoms with Crippen molar-refractivity contribution >= 4 is 0 Å². The van der Waals surface area contributed by atoms with Crippen molar-refractivity contribution in [3.05, 3.63) is 65.0 Å². The van der Waals surface area contributed by atoms with Crippen LogP contribution >= 0.6 is 0 Å². The molecule has 106 valence electrons. The first-order valence-electron chi connectivity index (χ1n) is 7.23. The molecule has 3 heteroatoms. The molecule has 3 rings (SSSR count). The molecule has 0 fully saturated rings. The third kappa shape index (κ3) is 2.32. The molecule has 0 spiro atoms. The first-order valence-corrected chi connectivity index (χ1v) is 7.23. The van der Waals surface area contributed by atoms with Gasteiger partial charge in [0.1, 0.15) is 0 Å². The Bertz CT molecular complexity index is 704. The Morgan fingerprint density at radius 1 is 1.29 bits per heavy atom. The Balaban J connectivity index is 2.00. The first-order chi connectivity index (χ1) is 10.2. The van der Waals surface area contributed by atoms with Crippen LogP contribution in [0.5, 0.6) is 0 Å². The van der Waals surface area contributed by atoms with Crippen molar-refractivity contribution < 1.29 is 5.11 Å². The fourth-order valence-electron chi connectivity index (χ4n) is 3.21. The molecule has 0 aliphatic heterocycles. The predicted molar refractivity (Wildman–Crippen MR) is 80.4 cm³/mol. The fourth-order valence-corrected chi connectivity index (χ4v) is 3.21. The normalized spacial score (nSPS) is 22.1. The Morgan fingerprint density at radius 3 is 2.76 bits per heavy atom. The van der Waals surface area contributed by atoms with Crippen LogP contribution in [-0.2, 0) is 12.8 Å². The van der Waals surface area contributed by atoms with Crippen LogP contribution in [0.25, 0.3) is 0 Å². The number of nitrogens with zero attached hydrogens (tertiary/aromatic N) is 2. The molecule has 2 unspecified atom stereocenters. The zero-order valence-corrected chi connectivity index (χ0v) is 12.1. The van der Waals surface area contributed by atoms with Gasteiger partial charge in [-0.05, 0) is 48.9 Å². The van der Waals surface area contributed by atoms with Crippen LogP contribution in [0, 0.1) is 23.7 Å². The molecule has 2 aromatic rings. The second kappa shape index (κ2) is 5.31. The Kier molecular flexibility index (Phi) is 3.48. The monoisotopic (exact) mass is 278 g/mol. The van der Waals surface area contributed by atoms with Gasteiger partial charge in [-0.15, -0.1) is 0 Å². The second-order valence-electron chi connectivity index (χ2n) is 5.85. The Morgan fingerprint density at radius 2 is 2.05 bits per heavy atom. The molecule has 1 aromatic heterocycles. The molecule has 0 amide bonds. The zero-order valence-electron chi connectivity index (χ0n) is 12.1. The van der Waals surface area contributed by atoms with E-state index in [1.807, 2.05) is 25.1 Å². The highest BCUT2D eigenvalue weighted by Gasteiger charge is 2.42. The quantitative estimate of drug-likeness (QED) is 0.918. The molecule has 0 radical (unpaired) electrons. The number of hydrogen-bond donors (Lipinski definition) is 1. The number of hydrogen-bond acceptors (Lipinski definition) is 3. The third-order valence-corrected chi connectivity index (χ3v) is 4.58. The highest BCUT2D eigenvalue weighted by molar-refractivity contribution is 5.36. The number of pyridine rings is 1. The second-order valence-corrected chi connectivity index (χ2v) is 5.85. The smallest absolute Gasteiger partial charge is 0.0997 e. The number of benzene rings is 1. The van der Waals surface area contributed by atoms with Crippen LogP contribution in [0.4, 0.5) is 0 Å². The van der Waals surface area contributed by atoms with E-state index in [4.69, 9.17) is 0 Å². The lowest BCUT2D eigenvalue weighted by atomic mass is 9.67. The van der Waals surface area contributed by atoms with Crippen LogP contribution in [0.3, 0.4) is 0 Å². The van der Waals surface area contributed by atoms with E-state index in [0.717, 1.165) is 17.5 Å². The minimum absolute atomic E-state index is 0.592. The van der Waals surface area contributed by atoms with Crippen LogP contribution in [0.2, 0.25) is 0 Å². The number of aliphatic hydroxyl groups is 1. The summed E-state index contributed by atoms with van der Waals surface area (Å²) in [6.45, 7) is 1.95. The van der Waals surface area contributed by atoms with Gasteiger partial charge in [-0.25, -0.2) is 0 Å². The third-order valence-electron chi connectivity index (χ3n) is 4.58.